The van der Waals surface area contributed by atoms with E-state index in [0.717, 1.165) is 23.6 Å². The fourth-order valence-electron chi connectivity index (χ4n) is 2.64. The topological polar surface area (TPSA) is 78.4 Å². The summed E-state index contributed by atoms with van der Waals surface area (Å²) in [6, 6.07) is 7.66. The molecule has 2 aromatic rings. The van der Waals surface area contributed by atoms with E-state index in [9.17, 15) is 4.79 Å². The van der Waals surface area contributed by atoms with Gasteiger partial charge in [-0.2, -0.15) is 0 Å². The number of hydrogen-bond donors (Lipinski definition) is 2. The molecule has 1 aliphatic rings. The fourth-order valence-corrected chi connectivity index (χ4v) is 2.84. The van der Waals surface area contributed by atoms with Gasteiger partial charge in [0.05, 0.1) is 0 Å². The number of likely N-dealkylation sites (tertiary alicyclic amines) is 1. The summed E-state index contributed by atoms with van der Waals surface area (Å²) >= 11 is 6.05. The van der Waals surface area contributed by atoms with E-state index < -0.39 is 6.09 Å². The van der Waals surface area contributed by atoms with Crippen LogP contribution in [0.5, 0.6) is 0 Å². The number of nitrogens with one attached hydrogen (secondary N) is 1. The summed E-state index contributed by atoms with van der Waals surface area (Å²) < 4.78 is 0. The molecule has 1 fully saturated rings. The molecular formula is C14H15ClN4O2. The Morgan fingerprint density at radius 3 is 2.86 bits per heavy atom. The third kappa shape index (κ3) is 2.85. The van der Waals surface area contributed by atoms with Gasteiger partial charge in [0, 0.05) is 29.9 Å². The van der Waals surface area contributed by atoms with Gasteiger partial charge >= 0.3 is 6.09 Å². The molecule has 3 rings (SSSR count). The number of benzene rings is 1. The monoisotopic (exact) mass is 306 g/mol. The van der Waals surface area contributed by atoms with Gasteiger partial charge < -0.3 is 15.3 Å². The van der Waals surface area contributed by atoms with Crippen molar-refractivity contribution in [3.8, 4) is 0 Å². The molecule has 0 spiro atoms. The number of piperidine rings is 1. The van der Waals surface area contributed by atoms with Crippen LogP contribution in [0.2, 0.25) is 5.15 Å². The maximum Gasteiger partial charge on any atom is 0.407 e. The first-order valence-corrected chi connectivity index (χ1v) is 7.18. The normalized spacial score (nSPS) is 18.7. The first-order chi connectivity index (χ1) is 10.1. The molecule has 2 N–H and O–H groups in total. The minimum Gasteiger partial charge on any atom is -0.465 e. The summed E-state index contributed by atoms with van der Waals surface area (Å²) in [7, 11) is 0. The zero-order chi connectivity index (χ0) is 14.8. The van der Waals surface area contributed by atoms with Crippen LogP contribution in [-0.4, -0.2) is 45.4 Å². The number of anilines is 1. The van der Waals surface area contributed by atoms with Crippen LogP contribution in [0.3, 0.4) is 0 Å². The van der Waals surface area contributed by atoms with Crippen molar-refractivity contribution in [1.29, 1.82) is 0 Å². The van der Waals surface area contributed by atoms with E-state index in [1.54, 1.807) is 0 Å². The van der Waals surface area contributed by atoms with Crippen LogP contribution in [0, 0.1) is 0 Å². The molecule has 0 aliphatic carbocycles. The summed E-state index contributed by atoms with van der Waals surface area (Å²) in [5, 5.41) is 22.5. The molecule has 21 heavy (non-hydrogen) atoms. The Kier molecular flexibility index (Phi) is 3.79. The van der Waals surface area contributed by atoms with Crippen LogP contribution in [0.1, 0.15) is 12.8 Å². The van der Waals surface area contributed by atoms with Gasteiger partial charge in [-0.1, -0.05) is 35.9 Å². The minimum atomic E-state index is -0.881. The maximum absolute atomic E-state index is 11.1. The van der Waals surface area contributed by atoms with Crippen LogP contribution in [0.15, 0.2) is 24.3 Å². The van der Waals surface area contributed by atoms with Crippen molar-refractivity contribution in [2.24, 2.45) is 0 Å². The lowest BCUT2D eigenvalue weighted by molar-refractivity contribution is 0.133. The van der Waals surface area contributed by atoms with Crippen LogP contribution in [-0.2, 0) is 0 Å². The summed E-state index contributed by atoms with van der Waals surface area (Å²) in [4.78, 5) is 12.5. The zero-order valence-electron chi connectivity index (χ0n) is 11.3. The average Bonchev–Trinajstić information content (AvgIpc) is 2.51. The number of carbonyl (C=O) groups is 1. The highest BCUT2D eigenvalue weighted by molar-refractivity contribution is 6.34. The Morgan fingerprint density at radius 2 is 2.10 bits per heavy atom. The van der Waals surface area contributed by atoms with E-state index in [1.807, 2.05) is 24.3 Å². The Balaban J connectivity index is 1.85. The van der Waals surface area contributed by atoms with E-state index in [1.165, 1.54) is 4.90 Å². The Bertz CT molecular complexity index is 679. The average molecular weight is 307 g/mol. The number of nitrogens with zero attached hydrogens (tertiary/aromatic N) is 3. The van der Waals surface area contributed by atoms with Gasteiger partial charge in [-0.05, 0) is 12.8 Å². The van der Waals surface area contributed by atoms with Crippen molar-refractivity contribution in [1.82, 2.24) is 15.1 Å². The smallest absolute Gasteiger partial charge is 0.407 e. The Hall–Kier alpha value is -2.08. The highest BCUT2D eigenvalue weighted by Crippen LogP contribution is 2.27. The number of amides is 1. The first kappa shape index (κ1) is 13.9. The van der Waals surface area contributed by atoms with Crippen LogP contribution >= 0.6 is 11.6 Å². The molecule has 1 aromatic carbocycles. The lowest BCUT2D eigenvalue weighted by Gasteiger charge is -2.31. The van der Waals surface area contributed by atoms with Crippen molar-refractivity contribution >= 4 is 34.3 Å². The predicted molar refractivity (Wildman–Crippen MR) is 80.8 cm³/mol. The molecule has 6 nitrogen and oxygen atoms in total. The first-order valence-electron chi connectivity index (χ1n) is 6.80. The van der Waals surface area contributed by atoms with Crippen LogP contribution < -0.4 is 5.32 Å². The van der Waals surface area contributed by atoms with Crippen LogP contribution in [0.4, 0.5) is 10.6 Å². The fraction of sp³-hybridized carbons (Fsp3) is 0.357. The van der Waals surface area contributed by atoms with Crippen molar-refractivity contribution in [2.45, 2.75) is 18.9 Å². The van der Waals surface area contributed by atoms with Crippen molar-refractivity contribution in [3.63, 3.8) is 0 Å². The van der Waals surface area contributed by atoms with Gasteiger partial charge in [0.25, 0.3) is 0 Å². The van der Waals surface area contributed by atoms with Gasteiger partial charge in [-0.15, -0.1) is 10.2 Å². The second kappa shape index (κ2) is 5.73. The van der Waals surface area contributed by atoms with E-state index >= 15 is 0 Å². The van der Waals surface area contributed by atoms with Gasteiger partial charge in [0.2, 0.25) is 0 Å². The second-order valence-electron chi connectivity index (χ2n) is 5.10. The molecule has 0 bridgehead atoms. The number of carboxylic acid groups (broad SMARTS) is 1. The van der Waals surface area contributed by atoms with Crippen molar-refractivity contribution < 1.29 is 9.90 Å². The largest absolute Gasteiger partial charge is 0.465 e. The maximum atomic E-state index is 11.1. The zero-order valence-corrected chi connectivity index (χ0v) is 12.0. The number of hydrogen-bond acceptors (Lipinski definition) is 4. The van der Waals surface area contributed by atoms with Gasteiger partial charge in [-0.3, -0.25) is 0 Å². The summed E-state index contributed by atoms with van der Waals surface area (Å²) in [6.45, 7) is 1.04. The van der Waals surface area contributed by atoms with E-state index in [-0.39, 0.29) is 6.04 Å². The predicted octanol–water partition coefficient (Wildman–Crippen LogP) is 2.84. The van der Waals surface area contributed by atoms with Gasteiger partial charge in [-0.25, -0.2) is 4.79 Å². The lowest BCUT2D eigenvalue weighted by Crippen LogP contribution is -2.44. The summed E-state index contributed by atoms with van der Waals surface area (Å²) in [5.41, 5.74) is 0. The third-order valence-corrected chi connectivity index (χ3v) is 3.95. The molecule has 0 saturated carbocycles. The summed E-state index contributed by atoms with van der Waals surface area (Å²) in [5.74, 6) is 0.646. The lowest BCUT2D eigenvalue weighted by atomic mass is 10.1. The number of aromatic nitrogens is 2. The molecule has 2 heterocycles. The number of fused-ring (bicyclic) bond motifs is 1. The molecule has 1 aliphatic heterocycles. The van der Waals surface area contributed by atoms with Crippen molar-refractivity contribution in [2.75, 3.05) is 18.4 Å². The SMILES string of the molecule is O=C(O)N1CCC[C@@H](Nc2nnc(Cl)c3ccccc23)C1. The standard InChI is InChI=1S/C14H15ClN4O2/c15-12-10-5-1-2-6-11(10)13(18-17-12)16-9-4-3-7-19(8-9)14(20)21/h1-2,5-6,9H,3-4,7-8H2,(H,16,18)(H,20,21)/t9-/m1/s1. The number of rotatable bonds is 2. The highest BCUT2D eigenvalue weighted by atomic mass is 35.5. The highest BCUT2D eigenvalue weighted by Gasteiger charge is 2.24. The second-order valence-corrected chi connectivity index (χ2v) is 5.46. The molecule has 7 heteroatoms. The number of halogens is 1. The van der Waals surface area contributed by atoms with Crippen molar-refractivity contribution in [3.05, 3.63) is 29.4 Å². The van der Waals surface area contributed by atoms with Gasteiger partial charge in [0.15, 0.2) is 11.0 Å². The molecule has 0 radical (unpaired) electrons. The molecule has 1 saturated heterocycles. The molecule has 1 atom stereocenters. The van der Waals surface area contributed by atoms with Crippen LogP contribution in [0.25, 0.3) is 10.8 Å². The van der Waals surface area contributed by atoms with E-state index in [2.05, 4.69) is 15.5 Å². The quantitative estimate of drug-likeness (QED) is 0.892. The Labute approximate surface area is 126 Å². The molecular weight excluding hydrogens is 292 g/mol. The van der Waals surface area contributed by atoms with Gasteiger partial charge in [0.1, 0.15) is 0 Å². The molecule has 1 amide bonds. The van der Waals surface area contributed by atoms with E-state index in [4.69, 9.17) is 16.7 Å². The third-order valence-electron chi connectivity index (χ3n) is 3.67. The molecule has 110 valence electrons. The minimum absolute atomic E-state index is 0.0359. The summed E-state index contributed by atoms with van der Waals surface area (Å²) in [6.07, 6.45) is 0.860. The Morgan fingerprint density at radius 1 is 1.33 bits per heavy atom. The van der Waals surface area contributed by atoms with E-state index in [0.29, 0.717) is 24.1 Å². The molecule has 0 unspecified atom stereocenters. The molecule has 1 aromatic heterocycles.